The van der Waals surface area contributed by atoms with E-state index >= 15 is 0 Å². The molecule has 1 aliphatic heterocycles. The van der Waals surface area contributed by atoms with Crippen molar-refractivity contribution in [3.63, 3.8) is 0 Å². The van der Waals surface area contributed by atoms with Gasteiger partial charge < -0.3 is 23.7 Å². The van der Waals surface area contributed by atoms with Crippen molar-refractivity contribution in [2.75, 3.05) is 13.2 Å². The summed E-state index contributed by atoms with van der Waals surface area (Å²) in [4.78, 5) is 13.3. The summed E-state index contributed by atoms with van der Waals surface area (Å²) < 4.78 is 63.6. The van der Waals surface area contributed by atoms with E-state index in [0.29, 0.717) is 13.0 Å². The third-order valence-electron chi connectivity index (χ3n) is 7.55. The van der Waals surface area contributed by atoms with E-state index in [9.17, 15) is 13.2 Å². The predicted octanol–water partition coefficient (Wildman–Crippen LogP) is 6.54. The molecule has 0 bridgehead atoms. The van der Waals surface area contributed by atoms with E-state index in [2.05, 4.69) is 6.58 Å². The minimum absolute atomic E-state index is 0.0227. The molecule has 0 aliphatic carbocycles. The second-order valence-corrected chi connectivity index (χ2v) is 14.2. The molecule has 10 heteroatoms. The average Bonchev–Trinajstić information content (AvgIpc) is 3.39. The first-order valence-electron chi connectivity index (χ1n) is 15.8. The fraction of sp³-hybridized carbons (Fsp3) is 0.432. The van der Waals surface area contributed by atoms with Crippen molar-refractivity contribution >= 4 is 16.1 Å². The first-order valence-corrected chi connectivity index (χ1v) is 17.2. The summed E-state index contributed by atoms with van der Waals surface area (Å²) in [5.74, 6) is -0.459. The van der Waals surface area contributed by atoms with Crippen molar-refractivity contribution in [1.29, 1.82) is 0 Å². The lowest BCUT2D eigenvalue weighted by molar-refractivity contribution is -0.201. The standard InChI is InChI=1S/C37H46O9S/c1-6-7-14-23-41-35-34(46-36(38)37(3,4)5)33(43-25-29-17-12-9-13-18-29)32(45-35)31(42-24-28-15-10-8-11-16-28)26-44-47(39,40)30-21-19-27(2)20-22-30/h6,8-13,15-22,31-35H,1,7,14,23-26H2,2-5H3/t31-,32+,33+,34-,35+/m1/s1. The first kappa shape index (κ1) is 36.5. The molecule has 1 fully saturated rings. The Balaban J connectivity index is 1.67. The van der Waals surface area contributed by atoms with Gasteiger partial charge in [0.25, 0.3) is 10.1 Å². The molecule has 0 radical (unpaired) electrons. The number of hydrogen-bond acceptors (Lipinski definition) is 9. The predicted molar refractivity (Wildman–Crippen MR) is 178 cm³/mol. The van der Waals surface area contributed by atoms with Crippen LogP contribution in [0.2, 0.25) is 0 Å². The number of hydrogen-bond donors (Lipinski definition) is 0. The van der Waals surface area contributed by atoms with Crippen molar-refractivity contribution in [2.24, 2.45) is 5.41 Å². The molecule has 254 valence electrons. The number of carbonyl (C=O) groups is 1. The van der Waals surface area contributed by atoms with Gasteiger partial charge in [-0.05, 0) is 63.8 Å². The van der Waals surface area contributed by atoms with Crippen LogP contribution >= 0.6 is 0 Å². The van der Waals surface area contributed by atoms with Crippen LogP contribution in [0.3, 0.4) is 0 Å². The Morgan fingerprint density at radius 3 is 2.11 bits per heavy atom. The van der Waals surface area contributed by atoms with Crippen molar-refractivity contribution in [2.45, 2.75) is 89.4 Å². The van der Waals surface area contributed by atoms with Crippen LogP contribution in [-0.4, -0.2) is 58.3 Å². The molecule has 0 amide bonds. The van der Waals surface area contributed by atoms with E-state index in [4.69, 9.17) is 27.9 Å². The Labute approximate surface area is 278 Å². The van der Waals surface area contributed by atoms with E-state index in [1.807, 2.05) is 67.6 Å². The Hall–Kier alpha value is -3.38. The quantitative estimate of drug-likeness (QED) is 0.0688. The fourth-order valence-electron chi connectivity index (χ4n) is 4.84. The van der Waals surface area contributed by atoms with Crippen molar-refractivity contribution < 1.29 is 41.1 Å². The summed E-state index contributed by atoms with van der Waals surface area (Å²) in [5, 5.41) is 0. The summed E-state index contributed by atoms with van der Waals surface area (Å²) in [5.41, 5.74) is 1.86. The molecule has 3 aromatic carbocycles. The van der Waals surface area contributed by atoms with Gasteiger partial charge in [0, 0.05) is 0 Å². The van der Waals surface area contributed by atoms with Gasteiger partial charge in [0.15, 0.2) is 12.4 Å². The van der Waals surface area contributed by atoms with Gasteiger partial charge in [0.1, 0.15) is 18.3 Å². The highest BCUT2D eigenvalue weighted by atomic mass is 32.2. The molecule has 1 heterocycles. The van der Waals surface area contributed by atoms with Gasteiger partial charge in [-0.3, -0.25) is 8.98 Å². The molecule has 0 unspecified atom stereocenters. The Bertz CT molecular complexity index is 1500. The largest absolute Gasteiger partial charge is 0.454 e. The van der Waals surface area contributed by atoms with Crippen molar-refractivity contribution in [3.8, 4) is 0 Å². The molecule has 3 aromatic rings. The molecular weight excluding hydrogens is 620 g/mol. The van der Waals surface area contributed by atoms with Crippen molar-refractivity contribution in [3.05, 3.63) is 114 Å². The Kier molecular flexibility index (Phi) is 13.3. The number of esters is 1. The molecule has 0 saturated carbocycles. The fourth-order valence-corrected chi connectivity index (χ4v) is 5.76. The van der Waals surface area contributed by atoms with E-state index in [1.165, 1.54) is 12.1 Å². The molecule has 0 spiro atoms. The lowest BCUT2D eigenvalue weighted by atomic mass is 9.97. The smallest absolute Gasteiger partial charge is 0.311 e. The number of unbranched alkanes of at least 4 members (excludes halogenated alkanes) is 1. The number of rotatable bonds is 17. The van der Waals surface area contributed by atoms with E-state index in [1.54, 1.807) is 39.0 Å². The van der Waals surface area contributed by atoms with Gasteiger partial charge >= 0.3 is 5.97 Å². The third kappa shape index (κ3) is 10.8. The summed E-state index contributed by atoms with van der Waals surface area (Å²) >= 11 is 0. The van der Waals surface area contributed by atoms with Gasteiger partial charge in [-0.25, -0.2) is 0 Å². The maximum absolute atomic E-state index is 13.3. The van der Waals surface area contributed by atoms with Crippen LogP contribution in [0.5, 0.6) is 0 Å². The van der Waals surface area contributed by atoms with E-state index in [-0.39, 0.29) is 24.7 Å². The maximum Gasteiger partial charge on any atom is 0.311 e. The highest BCUT2D eigenvalue weighted by molar-refractivity contribution is 7.86. The maximum atomic E-state index is 13.3. The van der Waals surface area contributed by atoms with E-state index < -0.39 is 52.2 Å². The van der Waals surface area contributed by atoms with Crippen LogP contribution in [-0.2, 0) is 56.0 Å². The summed E-state index contributed by atoms with van der Waals surface area (Å²) in [6, 6.07) is 25.4. The number of allylic oxidation sites excluding steroid dienone is 1. The Morgan fingerprint density at radius 1 is 0.894 bits per heavy atom. The van der Waals surface area contributed by atoms with Gasteiger partial charge in [-0.2, -0.15) is 8.42 Å². The van der Waals surface area contributed by atoms with E-state index in [0.717, 1.165) is 23.1 Å². The topological polar surface area (TPSA) is 107 Å². The zero-order chi connectivity index (χ0) is 33.9. The second-order valence-electron chi connectivity index (χ2n) is 12.5. The monoisotopic (exact) mass is 666 g/mol. The SMILES string of the molecule is C=CCCCO[C@H]1O[C@@H]([C@@H](COS(=O)(=O)c2ccc(C)cc2)OCc2ccccc2)[C@H](OCc2ccccc2)[C@H]1OC(=O)C(C)(C)C. The number of ether oxygens (including phenoxy) is 5. The van der Waals surface area contributed by atoms with Gasteiger partial charge in [0.2, 0.25) is 0 Å². The zero-order valence-electron chi connectivity index (χ0n) is 27.6. The highest BCUT2D eigenvalue weighted by Crippen LogP contribution is 2.34. The molecular formula is C37H46O9S. The van der Waals surface area contributed by atoms with Crippen LogP contribution in [0.15, 0.2) is 102 Å². The Morgan fingerprint density at radius 2 is 1.51 bits per heavy atom. The van der Waals surface area contributed by atoms with Crippen molar-refractivity contribution in [1.82, 2.24) is 0 Å². The summed E-state index contributed by atoms with van der Waals surface area (Å²) in [7, 11) is -4.15. The summed E-state index contributed by atoms with van der Waals surface area (Å²) in [6.45, 7) is 11.2. The first-order chi connectivity index (χ1) is 22.5. The van der Waals surface area contributed by atoms with Crippen LogP contribution in [0.4, 0.5) is 0 Å². The molecule has 4 rings (SSSR count). The molecule has 5 atom stereocenters. The van der Waals surface area contributed by atoms with Crippen LogP contribution in [0, 0.1) is 12.3 Å². The minimum atomic E-state index is -4.15. The number of carbonyl (C=O) groups excluding carboxylic acids is 1. The molecule has 0 aromatic heterocycles. The van der Waals surface area contributed by atoms with Gasteiger partial charge in [-0.15, -0.1) is 6.58 Å². The molecule has 0 N–H and O–H groups in total. The molecule has 1 aliphatic rings. The zero-order valence-corrected chi connectivity index (χ0v) is 28.4. The van der Waals surface area contributed by atoms with Crippen LogP contribution in [0.1, 0.15) is 50.3 Å². The number of benzene rings is 3. The highest BCUT2D eigenvalue weighted by Gasteiger charge is 2.53. The minimum Gasteiger partial charge on any atom is -0.454 e. The number of aryl methyl sites for hydroxylation is 1. The average molecular weight is 667 g/mol. The second kappa shape index (κ2) is 17.1. The molecule has 9 nitrogen and oxygen atoms in total. The normalized spacial score (nSPS) is 20.5. The molecule has 47 heavy (non-hydrogen) atoms. The van der Waals surface area contributed by atoms with Gasteiger partial charge in [-0.1, -0.05) is 84.4 Å². The van der Waals surface area contributed by atoms with Crippen LogP contribution < -0.4 is 0 Å². The third-order valence-corrected chi connectivity index (χ3v) is 8.85. The summed E-state index contributed by atoms with van der Waals surface area (Å²) in [6.07, 6.45) is -1.57. The van der Waals surface area contributed by atoms with Crippen LogP contribution in [0.25, 0.3) is 0 Å². The van der Waals surface area contributed by atoms with Gasteiger partial charge in [0.05, 0.1) is 36.7 Å². The molecule has 1 saturated heterocycles. The lowest BCUT2D eigenvalue weighted by Crippen LogP contribution is -2.46. The lowest BCUT2D eigenvalue weighted by Gasteiger charge is -2.30.